The van der Waals surface area contributed by atoms with E-state index in [4.69, 9.17) is 4.74 Å². The van der Waals surface area contributed by atoms with Crippen LogP contribution in [0, 0.1) is 0 Å². The molecule has 1 unspecified atom stereocenters. The Morgan fingerprint density at radius 1 is 1.75 bits per heavy atom. The van der Waals surface area contributed by atoms with Crippen LogP contribution in [0.2, 0.25) is 0 Å². The number of allylic oxidation sites excluding steroid dienone is 1. The van der Waals surface area contributed by atoms with Crippen molar-refractivity contribution in [1.82, 2.24) is 0 Å². The molecule has 0 saturated heterocycles. The molecule has 2 heteroatoms. The van der Waals surface area contributed by atoms with E-state index >= 15 is 0 Å². The molecule has 0 saturated carbocycles. The minimum Gasteiger partial charge on any atom is -0.458 e. The summed E-state index contributed by atoms with van der Waals surface area (Å²) in [6, 6.07) is 0. The maximum Gasteiger partial charge on any atom is 0.303 e. The third-order valence-electron chi connectivity index (χ3n) is 2.18. The van der Waals surface area contributed by atoms with Gasteiger partial charge in [0.1, 0.15) is 6.10 Å². The molecule has 0 aliphatic heterocycles. The minimum absolute atomic E-state index is 0.0474. The van der Waals surface area contributed by atoms with Gasteiger partial charge in [-0.3, -0.25) is 4.79 Å². The topological polar surface area (TPSA) is 26.3 Å². The van der Waals surface area contributed by atoms with Crippen LogP contribution in [0.3, 0.4) is 0 Å². The molecular weight excluding hydrogens is 152 g/mol. The van der Waals surface area contributed by atoms with Gasteiger partial charge in [-0.05, 0) is 31.8 Å². The first-order valence-electron chi connectivity index (χ1n) is 4.59. The Labute approximate surface area is 73.6 Å². The standard InChI is InChI=1S/C10H16O2/c1-3-9-5-4-6-10(7-9)12-8(2)11/h7,10H,3-6H2,1-2H3. The molecule has 1 aliphatic carbocycles. The van der Waals surface area contributed by atoms with Gasteiger partial charge < -0.3 is 4.74 Å². The molecule has 1 atom stereocenters. The van der Waals surface area contributed by atoms with Gasteiger partial charge >= 0.3 is 5.97 Å². The van der Waals surface area contributed by atoms with E-state index < -0.39 is 0 Å². The summed E-state index contributed by atoms with van der Waals surface area (Å²) in [5.41, 5.74) is 1.42. The van der Waals surface area contributed by atoms with Crippen molar-refractivity contribution < 1.29 is 9.53 Å². The largest absolute Gasteiger partial charge is 0.458 e. The average molecular weight is 168 g/mol. The molecule has 1 rings (SSSR count). The highest BCUT2D eigenvalue weighted by molar-refractivity contribution is 5.66. The molecule has 0 radical (unpaired) electrons. The van der Waals surface area contributed by atoms with Gasteiger partial charge in [0.15, 0.2) is 0 Å². The summed E-state index contributed by atoms with van der Waals surface area (Å²) in [4.78, 5) is 10.7. The van der Waals surface area contributed by atoms with Crippen molar-refractivity contribution >= 4 is 5.97 Å². The van der Waals surface area contributed by atoms with Crippen LogP contribution in [-0.2, 0) is 9.53 Å². The van der Waals surface area contributed by atoms with E-state index in [0.717, 1.165) is 19.3 Å². The van der Waals surface area contributed by atoms with Crippen molar-refractivity contribution in [3.63, 3.8) is 0 Å². The molecule has 0 N–H and O–H groups in total. The monoisotopic (exact) mass is 168 g/mol. The molecule has 12 heavy (non-hydrogen) atoms. The van der Waals surface area contributed by atoms with E-state index in [1.54, 1.807) is 0 Å². The van der Waals surface area contributed by atoms with Crippen molar-refractivity contribution in [1.29, 1.82) is 0 Å². The summed E-state index contributed by atoms with van der Waals surface area (Å²) in [7, 11) is 0. The zero-order valence-corrected chi connectivity index (χ0v) is 7.80. The van der Waals surface area contributed by atoms with Crippen LogP contribution in [0.5, 0.6) is 0 Å². The van der Waals surface area contributed by atoms with Crippen molar-refractivity contribution in [2.45, 2.75) is 45.6 Å². The fraction of sp³-hybridized carbons (Fsp3) is 0.700. The lowest BCUT2D eigenvalue weighted by atomic mass is 9.96. The highest BCUT2D eigenvalue weighted by Gasteiger charge is 2.14. The van der Waals surface area contributed by atoms with Crippen LogP contribution in [0.15, 0.2) is 11.6 Å². The summed E-state index contributed by atoms with van der Waals surface area (Å²) >= 11 is 0. The molecule has 0 aromatic heterocycles. The number of hydrogen-bond donors (Lipinski definition) is 0. The highest BCUT2D eigenvalue weighted by Crippen LogP contribution is 2.22. The van der Waals surface area contributed by atoms with Gasteiger partial charge in [0.05, 0.1) is 0 Å². The summed E-state index contributed by atoms with van der Waals surface area (Å²) in [6.07, 6.45) is 6.55. The van der Waals surface area contributed by atoms with E-state index in [2.05, 4.69) is 13.0 Å². The van der Waals surface area contributed by atoms with Gasteiger partial charge in [-0.15, -0.1) is 0 Å². The van der Waals surface area contributed by atoms with Crippen LogP contribution < -0.4 is 0 Å². The van der Waals surface area contributed by atoms with E-state index in [1.807, 2.05) is 0 Å². The second kappa shape index (κ2) is 4.29. The number of hydrogen-bond acceptors (Lipinski definition) is 2. The van der Waals surface area contributed by atoms with Crippen LogP contribution in [0.1, 0.15) is 39.5 Å². The Kier molecular flexibility index (Phi) is 3.32. The normalized spacial score (nSPS) is 23.2. The van der Waals surface area contributed by atoms with E-state index in [0.29, 0.717) is 0 Å². The number of ether oxygens (including phenoxy) is 1. The summed E-state index contributed by atoms with van der Waals surface area (Å²) in [5.74, 6) is -0.173. The predicted molar refractivity (Wildman–Crippen MR) is 47.8 cm³/mol. The maximum absolute atomic E-state index is 10.7. The lowest BCUT2D eigenvalue weighted by Gasteiger charge is -2.19. The molecule has 0 heterocycles. The number of esters is 1. The first-order valence-corrected chi connectivity index (χ1v) is 4.59. The fourth-order valence-corrected chi connectivity index (χ4v) is 1.56. The van der Waals surface area contributed by atoms with Crippen LogP contribution in [0.4, 0.5) is 0 Å². The van der Waals surface area contributed by atoms with Crippen molar-refractivity contribution in [3.05, 3.63) is 11.6 Å². The molecule has 0 bridgehead atoms. The first-order chi connectivity index (χ1) is 5.72. The molecule has 0 amide bonds. The zero-order chi connectivity index (χ0) is 8.97. The summed E-state index contributed by atoms with van der Waals surface area (Å²) < 4.78 is 5.11. The Morgan fingerprint density at radius 3 is 3.08 bits per heavy atom. The van der Waals surface area contributed by atoms with E-state index in [9.17, 15) is 4.79 Å². The van der Waals surface area contributed by atoms with E-state index in [1.165, 1.54) is 18.9 Å². The Morgan fingerprint density at radius 2 is 2.50 bits per heavy atom. The van der Waals surface area contributed by atoms with Crippen molar-refractivity contribution in [3.8, 4) is 0 Å². The van der Waals surface area contributed by atoms with Gasteiger partial charge in [-0.2, -0.15) is 0 Å². The van der Waals surface area contributed by atoms with Crippen molar-refractivity contribution in [2.24, 2.45) is 0 Å². The third-order valence-corrected chi connectivity index (χ3v) is 2.18. The molecule has 0 aromatic rings. The number of carbonyl (C=O) groups is 1. The first kappa shape index (κ1) is 9.30. The van der Waals surface area contributed by atoms with Crippen LogP contribution in [-0.4, -0.2) is 12.1 Å². The molecule has 0 spiro atoms. The predicted octanol–water partition coefficient (Wildman–Crippen LogP) is 2.44. The van der Waals surface area contributed by atoms with Gasteiger partial charge in [-0.1, -0.05) is 12.5 Å². The molecule has 0 aromatic carbocycles. The molecule has 2 nitrogen and oxygen atoms in total. The van der Waals surface area contributed by atoms with Crippen molar-refractivity contribution in [2.75, 3.05) is 0 Å². The average Bonchev–Trinajstić information content (AvgIpc) is 2.03. The second-order valence-corrected chi connectivity index (χ2v) is 3.22. The molecular formula is C10H16O2. The molecule has 68 valence electrons. The Balaban J connectivity index is 2.49. The Bertz CT molecular complexity index is 194. The highest BCUT2D eigenvalue weighted by atomic mass is 16.5. The molecule has 1 aliphatic rings. The lowest BCUT2D eigenvalue weighted by molar-refractivity contribution is -0.144. The lowest BCUT2D eigenvalue weighted by Crippen LogP contribution is -2.17. The third kappa shape index (κ3) is 2.68. The summed E-state index contributed by atoms with van der Waals surface area (Å²) in [5, 5.41) is 0. The SMILES string of the molecule is CCC1=CC(OC(C)=O)CCC1. The van der Waals surface area contributed by atoms with Crippen LogP contribution in [0.25, 0.3) is 0 Å². The van der Waals surface area contributed by atoms with Gasteiger partial charge in [0.25, 0.3) is 0 Å². The van der Waals surface area contributed by atoms with Gasteiger partial charge in [0.2, 0.25) is 0 Å². The number of carbonyl (C=O) groups excluding carboxylic acids is 1. The van der Waals surface area contributed by atoms with Gasteiger partial charge in [0, 0.05) is 6.92 Å². The van der Waals surface area contributed by atoms with Crippen LogP contribution >= 0.6 is 0 Å². The quantitative estimate of drug-likeness (QED) is 0.467. The maximum atomic E-state index is 10.7. The smallest absolute Gasteiger partial charge is 0.303 e. The Hall–Kier alpha value is -0.790. The minimum atomic E-state index is -0.173. The zero-order valence-electron chi connectivity index (χ0n) is 7.80. The summed E-state index contributed by atoms with van der Waals surface area (Å²) in [6.45, 7) is 3.61. The van der Waals surface area contributed by atoms with E-state index in [-0.39, 0.29) is 12.1 Å². The molecule has 0 fully saturated rings. The fourth-order valence-electron chi connectivity index (χ4n) is 1.56. The van der Waals surface area contributed by atoms with Gasteiger partial charge in [-0.25, -0.2) is 0 Å². The second-order valence-electron chi connectivity index (χ2n) is 3.22. The number of rotatable bonds is 2.